The molecule has 0 atom stereocenters. The summed E-state index contributed by atoms with van der Waals surface area (Å²) in [6, 6.07) is 0. The van der Waals surface area contributed by atoms with Gasteiger partial charge in [-0.05, 0) is 19.9 Å². The summed E-state index contributed by atoms with van der Waals surface area (Å²) in [7, 11) is 4.03. The molecular weight excluding hydrogens is 312 g/mol. The summed E-state index contributed by atoms with van der Waals surface area (Å²) in [6.07, 6.45) is 4.03. The molecule has 0 bridgehead atoms. The van der Waals surface area contributed by atoms with E-state index in [1.165, 1.54) is 0 Å². The van der Waals surface area contributed by atoms with Crippen molar-refractivity contribution in [2.24, 2.45) is 7.05 Å². The van der Waals surface area contributed by atoms with Gasteiger partial charge >= 0.3 is 0 Å². The van der Waals surface area contributed by atoms with Crippen LogP contribution in [0.3, 0.4) is 0 Å². The third kappa shape index (κ3) is 3.70. The molecule has 0 spiro atoms. The lowest BCUT2D eigenvalue weighted by atomic mass is 9.96. The van der Waals surface area contributed by atoms with Crippen LogP contribution < -0.4 is 4.90 Å². The molecule has 2 aromatic heterocycles. The maximum Gasteiger partial charge on any atom is 0.185 e. The van der Waals surface area contributed by atoms with Crippen LogP contribution in [0.1, 0.15) is 30.4 Å². The Labute approximate surface area is 140 Å². The van der Waals surface area contributed by atoms with Gasteiger partial charge in [0.05, 0.1) is 13.2 Å². The molecule has 1 aliphatic heterocycles. The number of anilines is 1. The van der Waals surface area contributed by atoms with Gasteiger partial charge in [0.1, 0.15) is 11.6 Å². The first-order valence-corrected chi connectivity index (χ1v) is 8.89. The van der Waals surface area contributed by atoms with Crippen molar-refractivity contribution < 1.29 is 5.11 Å². The molecule has 0 unspecified atom stereocenters. The number of aliphatic hydroxyl groups is 1. The quantitative estimate of drug-likeness (QED) is 0.851. The fraction of sp³-hybridized carbons (Fsp3) is 0.667. The van der Waals surface area contributed by atoms with Crippen molar-refractivity contribution in [2.75, 3.05) is 38.2 Å². The molecular formula is C15H24N6OS. The lowest BCUT2D eigenvalue weighted by Crippen LogP contribution is -2.33. The topological polar surface area (TPSA) is 70.3 Å². The number of hydrogen-bond donors (Lipinski definition) is 1. The van der Waals surface area contributed by atoms with Crippen LogP contribution in [-0.4, -0.2) is 63.0 Å². The molecule has 3 heterocycles. The van der Waals surface area contributed by atoms with E-state index in [0.29, 0.717) is 19.0 Å². The van der Waals surface area contributed by atoms with E-state index in [1.807, 2.05) is 25.7 Å². The second kappa shape index (κ2) is 7.37. The van der Waals surface area contributed by atoms with Crippen LogP contribution in [0.15, 0.2) is 11.6 Å². The predicted octanol–water partition coefficient (Wildman–Crippen LogP) is 1.08. The molecule has 126 valence electrons. The van der Waals surface area contributed by atoms with Gasteiger partial charge in [0.15, 0.2) is 5.13 Å². The van der Waals surface area contributed by atoms with E-state index in [4.69, 9.17) is 5.11 Å². The SMILES string of the molecule is CN(CCO)Cc1nnc(C2CCN(c3nccs3)CC2)n1C. The summed E-state index contributed by atoms with van der Waals surface area (Å²) in [4.78, 5) is 8.80. The second-order valence-electron chi connectivity index (χ2n) is 6.07. The minimum absolute atomic E-state index is 0.163. The monoisotopic (exact) mass is 336 g/mol. The summed E-state index contributed by atoms with van der Waals surface area (Å²) >= 11 is 1.70. The first-order chi connectivity index (χ1) is 11.2. The molecule has 7 nitrogen and oxygen atoms in total. The largest absolute Gasteiger partial charge is 0.395 e. The van der Waals surface area contributed by atoms with Gasteiger partial charge in [-0.3, -0.25) is 4.90 Å². The number of thiazole rings is 1. The summed E-state index contributed by atoms with van der Waals surface area (Å²) in [5.41, 5.74) is 0. The van der Waals surface area contributed by atoms with Crippen LogP contribution in [0.4, 0.5) is 5.13 Å². The highest BCUT2D eigenvalue weighted by atomic mass is 32.1. The van der Waals surface area contributed by atoms with E-state index in [9.17, 15) is 0 Å². The van der Waals surface area contributed by atoms with Crippen LogP contribution in [0.5, 0.6) is 0 Å². The Morgan fingerprint density at radius 2 is 2.13 bits per heavy atom. The third-order valence-electron chi connectivity index (χ3n) is 4.44. The average molecular weight is 336 g/mol. The van der Waals surface area contributed by atoms with E-state index in [-0.39, 0.29) is 6.61 Å². The molecule has 1 N–H and O–H groups in total. The smallest absolute Gasteiger partial charge is 0.185 e. The van der Waals surface area contributed by atoms with Gasteiger partial charge in [0.2, 0.25) is 0 Å². The lowest BCUT2D eigenvalue weighted by molar-refractivity contribution is 0.213. The zero-order valence-electron chi connectivity index (χ0n) is 13.7. The summed E-state index contributed by atoms with van der Waals surface area (Å²) in [5.74, 6) is 2.50. The molecule has 1 saturated heterocycles. The molecule has 23 heavy (non-hydrogen) atoms. The number of rotatable bonds is 6. The maximum absolute atomic E-state index is 9.00. The Balaban J connectivity index is 1.61. The zero-order valence-corrected chi connectivity index (χ0v) is 14.5. The minimum atomic E-state index is 0.163. The van der Waals surface area contributed by atoms with E-state index in [2.05, 4.69) is 29.5 Å². The van der Waals surface area contributed by atoms with Crippen LogP contribution in [0, 0.1) is 0 Å². The highest BCUT2D eigenvalue weighted by molar-refractivity contribution is 7.13. The molecule has 0 saturated carbocycles. The average Bonchev–Trinajstić information content (AvgIpc) is 3.19. The Morgan fingerprint density at radius 3 is 2.78 bits per heavy atom. The molecule has 0 aliphatic carbocycles. The van der Waals surface area contributed by atoms with Crippen molar-refractivity contribution in [3.8, 4) is 0 Å². The fourth-order valence-corrected chi connectivity index (χ4v) is 3.76. The Kier molecular flexibility index (Phi) is 5.24. The van der Waals surface area contributed by atoms with Crippen LogP contribution in [0.2, 0.25) is 0 Å². The van der Waals surface area contributed by atoms with E-state index < -0.39 is 0 Å². The Hall–Kier alpha value is -1.51. The van der Waals surface area contributed by atoms with Crippen molar-refractivity contribution in [3.05, 3.63) is 23.2 Å². The van der Waals surface area contributed by atoms with Crippen LogP contribution in [-0.2, 0) is 13.6 Å². The van der Waals surface area contributed by atoms with Gasteiger partial charge in [0.25, 0.3) is 0 Å². The molecule has 1 aliphatic rings. The van der Waals surface area contributed by atoms with Gasteiger partial charge in [-0.2, -0.15) is 0 Å². The number of piperidine rings is 1. The third-order valence-corrected chi connectivity index (χ3v) is 5.27. The molecule has 0 aromatic carbocycles. The van der Waals surface area contributed by atoms with Crippen molar-refractivity contribution >= 4 is 16.5 Å². The van der Waals surface area contributed by atoms with Gasteiger partial charge < -0.3 is 14.6 Å². The Bertz CT molecular complexity index is 606. The molecule has 3 rings (SSSR count). The van der Waals surface area contributed by atoms with Crippen LogP contribution >= 0.6 is 11.3 Å². The molecule has 0 radical (unpaired) electrons. The van der Waals surface area contributed by atoms with Crippen molar-refractivity contribution in [1.82, 2.24) is 24.6 Å². The second-order valence-corrected chi connectivity index (χ2v) is 6.94. The van der Waals surface area contributed by atoms with Crippen LogP contribution in [0.25, 0.3) is 0 Å². The summed E-state index contributed by atoms with van der Waals surface area (Å²) in [6.45, 7) is 3.56. The van der Waals surface area contributed by atoms with Gasteiger partial charge in [0, 0.05) is 44.2 Å². The summed E-state index contributed by atoms with van der Waals surface area (Å²) in [5, 5.41) is 20.9. The fourth-order valence-electron chi connectivity index (χ4n) is 3.06. The molecule has 8 heteroatoms. The maximum atomic E-state index is 9.00. The lowest BCUT2D eigenvalue weighted by Gasteiger charge is -2.31. The van der Waals surface area contributed by atoms with E-state index in [0.717, 1.165) is 42.7 Å². The molecule has 2 aromatic rings. The first kappa shape index (κ1) is 16.4. The summed E-state index contributed by atoms with van der Waals surface area (Å²) < 4.78 is 2.12. The highest BCUT2D eigenvalue weighted by Crippen LogP contribution is 2.30. The number of aromatic nitrogens is 4. The molecule has 1 fully saturated rings. The number of aliphatic hydroxyl groups excluding tert-OH is 1. The van der Waals surface area contributed by atoms with Crippen molar-refractivity contribution in [1.29, 1.82) is 0 Å². The van der Waals surface area contributed by atoms with Crippen molar-refractivity contribution in [2.45, 2.75) is 25.3 Å². The predicted molar refractivity (Wildman–Crippen MR) is 90.7 cm³/mol. The standard InChI is InChI=1S/C15H24N6OS/c1-19(8-9-22)11-13-17-18-14(20(13)2)12-3-6-21(7-4-12)15-16-5-10-23-15/h5,10,12,22H,3-4,6-9,11H2,1-2H3. The number of likely N-dealkylation sites (N-methyl/N-ethyl adjacent to an activating group) is 1. The van der Waals surface area contributed by atoms with Crippen molar-refractivity contribution in [3.63, 3.8) is 0 Å². The van der Waals surface area contributed by atoms with Gasteiger partial charge in [-0.25, -0.2) is 4.98 Å². The number of hydrogen-bond acceptors (Lipinski definition) is 7. The zero-order chi connectivity index (χ0) is 16.2. The normalized spacial score (nSPS) is 16.4. The van der Waals surface area contributed by atoms with Gasteiger partial charge in [-0.15, -0.1) is 21.5 Å². The first-order valence-electron chi connectivity index (χ1n) is 8.01. The van der Waals surface area contributed by atoms with E-state index in [1.54, 1.807) is 11.3 Å². The number of nitrogens with zero attached hydrogens (tertiary/aromatic N) is 6. The minimum Gasteiger partial charge on any atom is -0.395 e. The highest BCUT2D eigenvalue weighted by Gasteiger charge is 2.26. The van der Waals surface area contributed by atoms with E-state index >= 15 is 0 Å². The Morgan fingerprint density at radius 1 is 1.35 bits per heavy atom. The van der Waals surface area contributed by atoms with Gasteiger partial charge in [-0.1, -0.05) is 0 Å². The molecule has 0 amide bonds.